The van der Waals surface area contributed by atoms with Gasteiger partial charge in [0.1, 0.15) is 17.6 Å². The largest absolute Gasteiger partial charge is 0.460 e. The van der Waals surface area contributed by atoms with Gasteiger partial charge in [0, 0.05) is 10.0 Å². The van der Waals surface area contributed by atoms with Gasteiger partial charge in [-0.1, -0.05) is 58.4 Å². The van der Waals surface area contributed by atoms with Crippen LogP contribution in [0, 0.1) is 0 Å². The minimum atomic E-state index is -0.498. The molecule has 3 rings (SSSR count). The Morgan fingerprint density at radius 1 is 1.08 bits per heavy atom. The van der Waals surface area contributed by atoms with Gasteiger partial charge in [0.15, 0.2) is 0 Å². The molecule has 1 amide bonds. The smallest absolute Gasteiger partial charge is 0.239 e. The van der Waals surface area contributed by atoms with Crippen molar-refractivity contribution in [2.75, 3.05) is 7.05 Å². The van der Waals surface area contributed by atoms with Gasteiger partial charge in [0.2, 0.25) is 5.91 Å². The van der Waals surface area contributed by atoms with Gasteiger partial charge in [-0.05, 0) is 36.9 Å². The fraction of sp³-hybridized carbons (Fsp3) is 0.150. The van der Waals surface area contributed by atoms with Crippen LogP contribution in [0.4, 0.5) is 0 Å². The van der Waals surface area contributed by atoms with E-state index in [2.05, 4.69) is 15.9 Å². The predicted octanol–water partition coefficient (Wildman–Crippen LogP) is 4.37. The molecule has 0 fully saturated rings. The predicted molar refractivity (Wildman–Crippen MR) is 102 cm³/mol. The third-order valence-corrected chi connectivity index (χ3v) is 4.55. The summed E-state index contributed by atoms with van der Waals surface area (Å²) in [6.45, 7) is 0.485. The van der Waals surface area contributed by atoms with E-state index in [0.717, 1.165) is 27.1 Å². The fourth-order valence-corrected chi connectivity index (χ4v) is 3.10. The second-order valence-electron chi connectivity index (χ2n) is 5.90. The van der Waals surface area contributed by atoms with Gasteiger partial charge >= 0.3 is 0 Å². The van der Waals surface area contributed by atoms with Crippen molar-refractivity contribution < 1.29 is 9.21 Å². The number of rotatable bonds is 6. The molecule has 0 bridgehead atoms. The van der Waals surface area contributed by atoms with E-state index < -0.39 is 6.04 Å². The summed E-state index contributed by atoms with van der Waals surface area (Å²) in [7, 11) is 1.87. The number of carbonyl (C=O) groups excluding carboxylic acids is 1. The van der Waals surface area contributed by atoms with E-state index in [1.807, 2.05) is 78.7 Å². The standard InChI is InChI=1S/C20H19BrN2O2/c1-23(19(20(22)24)15-5-3-2-4-6-15)13-17-11-12-18(25-17)14-7-9-16(21)10-8-14/h2-12,19H,13H2,1H3,(H2,22,24)/t19-/m1/s1. The number of primary amides is 1. The Labute approximate surface area is 155 Å². The van der Waals surface area contributed by atoms with Crippen molar-refractivity contribution >= 4 is 21.8 Å². The number of halogens is 1. The van der Waals surface area contributed by atoms with Crippen LogP contribution in [0.15, 0.2) is 75.6 Å². The van der Waals surface area contributed by atoms with E-state index in [-0.39, 0.29) is 5.91 Å². The number of likely N-dealkylation sites (N-methyl/N-ethyl adjacent to an activating group) is 1. The van der Waals surface area contributed by atoms with Crippen molar-refractivity contribution in [2.24, 2.45) is 5.73 Å². The van der Waals surface area contributed by atoms with Gasteiger partial charge < -0.3 is 10.2 Å². The van der Waals surface area contributed by atoms with Gasteiger partial charge in [0.25, 0.3) is 0 Å². The van der Waals surface area contributed by atoms with E-state index in [1.54, 1.807) is 0 Å². The molecule has 0 unspecified atom stereocenters. The first kappa shape index (κ1) is 17.5. The molecule has 0 radical (unpaired) electrons. The number of hydrogen-bond acceptors (Lipinski definition) is 3. The van der Waals surface area contributed by atoms with Gasteiger partial charge in [-0.2, -0.15) is 0 Å². The molecule has 0 saturated carbocycles. The molecule has 0 aliphatic carbocycles. The molecule has 5 heteroatoms. The first-order valence-electron chi connectivity index (χ1n) is 7.94. The monoisotopic (exact) mass is 398 g/mol. The first-order chi connectivity index (χ1) is 12.0. The molecular weight excluding hydrogens is 380 g/mol. The van der Waals surface area contributed by atoms with E-state index in [0.29, 0.717) is 6.54 Å². The Kier molecular flexibility index (Phi) is 5.36. The topological polar surface area (TPSA) is 59.5 Å². The molecule has 2 N–H and O–H groups in total. The average Bonchev–Trinajstić information content (AvgIpc) is 3.04. The second-order valence-corrected chi connectivity index (χ2v) is 6.82. The van der Waals surface area contributed by atoms with E-state index in [4.69, 9.17) is 10.2 Å². The number of nitrogens with zero attached hydrogens (tertiary/aromatic N) is 1. The molecule has 1 atom stereocenters. The zero-order valence-electron chi connectivity index (χ0n) is 13.9. The molecular formula is C20H19BrN2O2. The van der Waals surface area contributed by atoms with Gasteiger partial charge in [0.05, 0.1) is 6.54 Å². The second kappa shape index (κ2) is 7.68. The molecule has 4 nitrogen and oxygen atoms in total. The van der Waals surface area contributed by atoms with Crippen LogP contribution in [-0.2, 0) is 11.3 Å². The Morgan fingerprint density at radius 2 is 1.76 bits per heavy atom. The van der Waals surface area contributed by atoms with Crippen LogP contribution in [-0.4, -0.2) is 17.9 Å². The summed E-state index contributed by atoms with van der Waals surface area (Å²) < 4.78 is 6.96. The summed E-state index contributed by atoms with van der Waals surface area (Å²) in [5.41, 5.74) is 7.50. The van der Waals surface area contributed by atoms with E-state index >= 15 is 0 Å². The third-order valence-electron chi connectivity index (χ3n) is 4.02. The highest BCUT2D eigenvalue weighted by atomic mass is 79.9. The maximum Gasteiger partial charge on any atom is 0.239 e. The summed E-state index contributed by atoms with van der Waals surface area (Å²) in [4.78, 5) is 13.8. The third kappa shape index (κ3) is 4.18. The normalized spacial score (nSPS) is 12.3. The Morgan fingerprint density at radius 3 is 2.40 bits per heavy atom. The van der Waals surface area contributed by atoms with E-state index in [1.165, 1.54) is 0 Å². The molecule has 0 aliphatic heterocycles. The lowest BCUT2D eigenvalue weighted by Crippen LogP contribution is -2.34. The lowest BCUT2D eigenvalue weighted by molar-refractivity contribution is -0.123. The molecule has 1 heterocycles. The van der Waals surface area contributed by atoms with Crippen LogP contribution in [0.5, 0.6) is 0 Å². The number of hydrogen-bond donors (Lipinski definition) is 1. The highest BCUT2D eigenvalue weighted by molar-refractivity contribution is 9.10. The van der Waals surface area contributed by atoms with Crippen LogP contribution >= 0.6 is 15.9 Å². The van der Waals surface area contributed by atoms with Crippen LogP contribution in [0.1, 0.15) is 17.4 Å². The van der Waals surface area contributed by atoms with Crippen LogP contribution in [0.3, 0.4) is 0 Å². The molecule has 1 aromatic heterocycles. The van der Waals surface area contributed by atoms with Crippen molar-refractivity contribution in [2.45, 2.75) is 12.6 Å². The first-order valence-corrected chi connectivity index (χ1v) is 8.73. The molecule has 2 aromatic carbocycles. The number of nitrogens with two attached hydrogens (primary N) is 1. The minimum absolute atomic E-state index is 0.381. The van der Waals surface area contributed by atoms with Crippen molar-refractivity contribution in [3.05, 3.63) is 82.5 Å². The zero-order valence-corrected chi connectivity index (χ0v) is 15.4. The zero-order chi connectivity index (χ0) is 17.8. The maximum absolute atomic E-state index is 11.9. The van der Waals surface area contributed by atoms with Crippen molar-refractivity contribution in [1.82, 2.24) is 4.90 Å². The van der Waals surface area contributed by atoms with Crippen molar-refractivity contribution in [1.29, 1.82) is 0 Å². The summed E-state index contributed by atoms with van der Waals surface area (Å²) in [5.74, 6) is 1.20. The maximum atomic E-state index is 11.9. The number of benzene rings is 2. The quantitative estimate of drug-likeness (QED) is 0.670. The fourth-order valence-electron chi connectivity index (χ4n) is 2.84. The summed E-state index contributed by atoms with van der Waals surface area (Å²) in [6, 6.07) is 20.8. The van der Waals surface area contributed by atoms with Gasteiger partial charge in [-0.3, -0.25) is 9.69 Å². The number of furan rings is 1. The highest BCUT2D eigenvalue weighted by Crippen LogP contribution is 2.26. The van der Waals surface area contributed by atoms with Crippen molar-refractivity contribution in [3.63, 3.8) is 0 Å². The summed E-state index contributed by atoms with van der Waals surface area (Å²) in [5, 5.41) is 0. The molecule has 0 aliphatic rings. The van der Waals surface area contributed by atoms with Gasteiger partial charge in [-0.15, -0.1) is 0 Å². The number of amides is 1. The highest BCUT2D eigenvalue weighted by Gasteiger charge is 2.23. The lowest BCUT2D eigenvalue weighted by atomic mass is 10.1. The minimum Gasteiger partial charge on any atom is -0.460 e. The lowest BCUT2D eigenvalue weighted by Gasteiger charge is -2.24. The Bertz CT molecular complexity index is 844. The van der Waals surface area contributed by atoms with Gasteiger partial charge in [-0.25, -0.2) is 0 Å². The molecule has 0 spiro atoms. The Hall–Kier alpha value is -2.37. The summed E-state index contributed by atoms with van der Waals surface area (Å²) >= 11 is 3.43. The molecule has 0 saturated heterocycles. The molecule has 3 aromatic rings. The van der Waals surface area contributed by atoms with Crippen LogP contribution in [0.2, 0.25) is 0 Å². The molecule has 25 heavy (non-hydrogen) atoms. The SMILES string of the molecule is CN(Cc1ccc(-c2ccc(Br)cc2)o1)[C@@H](C(N)=O)c1ccccc1. The van der Waals surface area contributed by atoms with Crippen molar-refractivity contribution in [3.8, 4) is 11.3 Å². The average molecular weight is 399 g/mol. The Balaban J connectivity index is 1.77. The molecule has 128 valence electrons. The number of carbonyl (C=O) groups is 1. The van der Waals surface area contributed by atoms with E-state index in [9.17, 15) is 4.79 Å². The van der Waals surface area contributed by atoms with Crippen LogP contribution < -0.4 is 5.73 Å². The summed E-state index contributed by atoms with van der Waals surface area (Å²) in [6.07, 6.45) is 0. The van der Waals surface area contributed by atoms with Crippen LogP contribution in [0.25, 0.3) is 11.3 Å².